The minimum absolute atomic E-state index is 0.0218. The van der Waals surface area contributed by atoms with Gasteiger partial charge in [0.2, 0.25) is 35.4 Å². The number of carboxylic acids is 1. The van der Waals surface area contributed by atoms with Crippen molar-refractivity contribution < 1.29 is 43.8 Å². The summed E-state index contributed by atoms with van der Waals surface area (Å²) in [5.74, 6) is -6.92. The molecule has 6 amide bonds. The van der Waals surface area contributed by atoms with Crippen molar-refractivity contribution in [1.82, 2.24) is 41.9 Å². The number of nitrogens with zero attached hydrogens (tertiary/aromatic N) is 4. The van der Waals surface area contributed by atoms with Crippen LogP contribution in [0.1, 0.15) is 77.0 Å². The third-order valence-corrected chi connectivity index (χ3v) is 10.1. The van der Waals surface area contributed by atoms with Gasteiger partial charge in [-0.15, -0.1) is 0 Å². The van der Waals surface area contributed by atoms with Gasteiger partial charge in [0.1, 0.15) is 42.0 Å². The normalized spacial score (nSPS) is 13.9. The fraction of sp³-hybridized carbons (Fsp3) is 0.548. The number of hydrogen-bond acceptors (Lipinski definition) is 13. The summed E-state index contributed by atoms with van der Waals surface area (Å²) >= 11 is 0. The molecule has 1 heterocycles. The van der Waals surface area contributed by atoms with Crippen molar-refractivity contribution in [1.29, 1.82) is 0 Å². The summed E-state index contributed by atoms with van der Waals surface area (Å²) in [5.41, 5.74) is 39.4. The summed E-state index contributed by atoms with van der Waals surface area (Å²) in [6.45, 7) is 5.22. The highest BCUT2D eigenvalue weighted by atomic mass is 16.4. The number of aromatic hydroxyl groups is 1. The van der Waals surface area contributed by atoms with Gasteiger partial charge < -0.3 is 87.2 Å². The first kappa shape index (κ1) is 57.4. The smallest absolute Gasteiger partial charge is 0.326 e. The van der Waals surface area contributed by atoms with Gasteiger partial charge in [-0.2, -0.15) is 0 Å². The summed E-state index contributed by atoms with van der Waals surface area (Å²) in [7, 11) is 0. The Bertz CT molecular complexity index is 2070. The molecule has 2 rings (SSSR count). The molecule has 0 saturated heterocycles. The molecule has 2 aromatic rings. The molecule has 0 radical (unpaired) electrons. The molecule has 7 atom stereocenters. The van der Waals surface area contributed by atoms with Crippen molar-refractivity contribution in [3.05, 3.63) is 48.0 Å². The lowest BCUT2D eigenvalue weighted by Crippen LogP contribution is -2.60. The Balaban J connectivity index is 2.47. The number of nitrogens with two attached hydrogens (primary N) is 7. The molecule has 27 nitrogen and oxygen atoms in total. The number of rotatable bonds is 31. The van der Waals surface area contributed by atoms with Crippen molar-refractivity contribution in [2.45, 2.75) is 121 Å². The Morgan fingerprint density at radius 1 is 0.580 bits per heavy atom. The van der Waals surface area contributed by atoms with Gasteiger partial charge in [0.15, 0.2) is 17.9 Å². The number of imidazole rings is 1. The number of amides is 6. The molecule has 27 heteroatoms. The van der Waals surface area contributed by atoms with Crippen LogP contribution in [-0.4, -0.2) is 141 Å². The maximum atomic E-state index is 14.3. The second-order valence-corrected chi connectivity index (χ2v) is 16.6. The average molecular weight is 971 g/mol. The van der Waals surface area contributed by atoms with Gasteiger partial charge in [0.05, 0.1) is 12.4 Å². The SMILES string of the molecule is CC(C)C[C@H](NC(=O)[C@H](CCCN=C(N)N)NC(=O)[C@H](Cc1cnc[nH]1)NC(=O)[C@H](Cc1ccc(O)cc1)NC(=O)[C@H](C)N)C(=O)N[C@@H](CCCN=C(N)N)C(=O)N[C@@H](CCCN=C(N)N)C(=O)O. The molecule has 69 heavy (non-hydrogen) atoms. The van der Waals surface area contributed by atoms with Crippen LogP contribution < -0.4 is 72.0 Å². The lowest BCUT2D eigenvalue weighted by atomic mass is 10.0. The lowest BCUT2D eigenvalue weighted by molar-refractivity contribution is -0.142. The average Bonchev–Trinajstić information content (AvgIpc) is 3.79. The van der Waals surface area contributed by atoms with Gasteiger partial charge in [-0.3, -0.25) is 43.7 Å². The van der Waals surface area contributed by atoms with E-state index in [1.54, 1.807) is 26.0 Å². The third-order valence-electron chi connectivity index (χ3n) is 10.1. The van der Waals surface area contributed by atoms with Gasteiger partial charge in [-0.05, 0) is 75.5 Å². The van der Waals surface area contributed by atoms with E-state index in [4.69, 9.17) is 40.1 Å². The molecule has 382 valence electrons. The van der Waals surface area contributed by atoms with Gasteiger partial charge in [-0.1, -0.05) is 26.0 Å². The van der Waals surface area contributed by atoms with Gasteiger partial charge >= 0.3 is 5.97 Å². The molecule has 0 unspecified atom stereocenters. The summed E-state index contributed by atoms with van der Waals surface area (Å²) < 4.78 is 0. The molecule has 23 N–H and O–H groups in total. The van der Waals surface area contributed by atoms with E-state index < -0.39 is 83.7 Å². The number of aromatic amines is 1. The second-order valence-electron chi connectivity index (χ2n) is 16.6. The number of carbonyl (C=O) groups is 7. The zero-order chi connectivity index (χ0) is 51.6. The predicted molar refractivity (Wildman–Crippen MR) is 256 cm³/mol. The zero-order valence-corrected chi connectivity index (χ0v) is 39.2. The predicted octanol–water partition coefficient (Wildman–Crippen LogP) is -4.55. The quantitative estimate of drug-likeness (QED) is 0.0192. The van der Waals surface area contributed by atoms with Crippen molar-refractivity contribution in [3.8, 4) is 5.75 Å². The molecule has 0 aliphatic rings. The summed E-state index contributed by atoms with van der Waals surface area (Å²) in [4.78, 5) is 114. The van der Waals surface area contributed by atoms with E-state index in [2.05, 4.69) is 56.8 Å². The van der Waals surface area contributed by atoms with Gasteiger partial charge in [-0.25, -0.2) is 9.78 Å². The van der Waals surface area contributed by atoms with Crippen LogP contribution in [0.15, 0.2) is 51.8 Å². The summed E-state index contributed by atoms with van der Waals surface area (Å²) in [6.07, 6.45) is 2.99. The van der Waals surface area contributed by atoms with E-state index in [0.717, 1.165) is 0 Å². The number of aliphatic carboxylic acids is 1. The van der Waals surface area contributed by atoms with E-state index in [1.165, 1.54) is 31.6 Å². The maximum Gasteiger partial charge on any atom is 0.326 e. The monoisotopic (exact) mass is 971 g/mol. The first-order valence-corrected chi connectivity index (χ1v) is 22.3. The number of aliphatic imine (C=N–C) groups is 3. The van der Waals surface area contributed by atoms with Crippen molar-refractivity contribution in [2.75, 3.05) is 19.6 Å². The molecule has 0 aliphatic carbocycles. The van der Waals surface area contributed by atoms with E-state index >= 15 is 0 Å². The fourth-order valence-electron chi connectivity index (χ4n) is 6.58. The molecule has 0 fully saturated rings. The molecule has 0 aliphatic heterocycles. The van der Waals surface area contributed by atoms with Crippen LogP contribution in [0.25, 0.3) is 0 Å². The van der Waals surface area contributed by atoms with Crippen LogP contribution in [0.2, 0.25) is 0 Å². The molecule has 0 spiro atoms. The van der Waals surface area contributed by atoms with E-state index in [9.17, 15) is 43.8 Å². The number of aromatic nitrogens is 2. The number of carboxylic acid groups (broad SMARTS) is 1. The number of phenols is 1. The van der Waals surface area contributed by atoms with Crippen LogP contribution in [0.5, 0.6) is 5.75 Å². The number of phenolic OH excluding ortho intramolecular Hbond substituents is 1. The number of nitrogens with one attached hydrogen (secondary N) is 7. The zero-order valence-electron chi connectivity index (χ0n) is 39.2. The number of guanidine groups is 3. The Morgan fingerprint density at radius 2 is 0.971 bits per heavy atom. The summed E-state index contributed by atoms with van der Waals surface area (Å²) in [6, 6.07) is -3.06. The van der Waals surface area contributed by atoms with Gasteiger partial charge in [0, 0.05) is 44.4 Å². The minimum atomic E-state index is -1.38. The van der Waals surface area contributed by atoms with Crippen LogP contribution >= 0.6 is 0 Å². The number of H-pyrrole nitrogens is 1. The first-order chi connectivity index (χ1) is 32.6. The van der Waals surface area contributed by atoms with E-state index in [1.807, 2.05) is 0 Å². The molecule has 1 aromatic heterocycles. The molecule has 0 saturated carbocycles. The number of hydrogen-bond donors (Lipinski definition) is 16. The van der Waals surface area contributed by atoms with Crippen molar-refractivity contribution in [3.63, 3.8) is 0 Å². The second kappa shape index (κ2) is 29.8. The highest BCUT2D eigenvalue weighted by Gasteiger charge is 2.34. The standard InChI is InChI=1S/C42H70N18O9/c1-22(2)17-30(36(65)55-27(7-4-14-51-40(44)45)34(63)57-29(39(68)69)9-6-16-53-42(48)49)59-35(64)28(8-5-15-52-41(46)47)56-38(67)32(19-25-20-50-21-54-25)60-37(66)31(58-33(62)23(3)43)18-24-10-12-26(61)13-11-24/h10-13,20-23,27-32,61H,4-9,14-19,43H2,1-3H3,(H,50,54)(H,55,65)(H,56,67)(H,57,63)(H,58,62)(H,59,64)(H,60,66)(H,68,69)(H4,44,45,51)(H4,46,47,52)(H4,48,49,53)/t23-,27-,28-,29-,30-,31-,32-/m0/s1. The molecule has 0 bridgehead atoms. The molecular formula is C42H70N18O9. The molecular weight excluding hydrogens is 901 g/mol. The highest BCUT2D eigenvalue weighted by molar-refractivity contribution is 5.97. The number of carbonyl (C=O) groups excluding carboxylic acids is 6. The first-order valence-electron chi connectivity index (χ1n) is 22.3. The van der Waals surface area contributed by atoms with Crippen LogP contribution in [0.4, 0.5) is 0 Å². The maximum absolute atomic E-state index is 14.3. The minimum Gasteiger partial charge on any atom is -0.508 e. The Labute approximate surface area is 399 Å². The van der Waals surface area contributed by atoms with Crippen LogP contribution in [0.3, 0.4) is 0 Å². The Kier molecular flexibility index (Phi) is 24.8. The van der Waals surface area contributed by atoms with Crippen molar-refractivity contribution in [2.24, 2.45) is 61.0 Å². The fourth-order valence-corrected chi connectivity index (χ4v) is 6.58. The highest BCUT2D eigenvalue weighted by Crippen LogP contribution is 2.14. The van der Waals surface area contributed by atoms with E-state index in [0.29, 0.717) is 11.3 Å². The van der Waals surface area contributed by atoms with Crippen LogP contribution in [-0.2, 0) is 46.4 Å². The Hall–Kier alpha value is -7.71. The Morgan fingerprint density at radius 3 is 1.39 bits per heavy atom. The largest absolute Gasteiger partial charge is 0.508 e. The van der Waals surface area contributed by atoms with Gasteiger partial charge in [0.25, 0.3) is 0 Å². The van der Waals surface area contributed by atoms with Crippen molar-refractivity contribution >= 4 is 59.3 Å². The van der Waals surface area contributed by atoms with Crippen LogP contribution in [0, 0.1) is 5.92 Å². The molecule has 1 aromatic carbocycles. The topological polar surface area (TPSA) is 480 Å². The number of benzene rings is 1. The lowest BCUT2D eigenvalue weighted by Gasteiger charge is -2.28. The third kappa shape index (κ3) is 23.0. The van der Waals surface area contributed by atoms with E-state index in [-0.39, 0.29) is 107 Å². The summed E-state index contributed by atoms with van der Waals surface area (Å²) in [5, 5.41) is 35.4.